The van der Waals surface area contributed by atoms with E-state index in [2.05, 4.69) is 15.2 Å². The molecule has 5 nitrogen and oxygen atoms in total. The summed E-state index contributed by atoms with van der Waals surface area (Å²) in [5.74, 6) is 0.847. The molecule has 0 saturated heterocycles. The van der Waals surface area contributed by atoms with Gasteiger partial charge in [0.2, 0.25) is 0 Å². The first kappa shape index (κ1) is 12.7. The van der Waals surface area contributed by atoms with Gasteiger partial charge in [0.05, 0.1) is 5.52 Å². The van der Waals surface area contributed by atoms with E-state index in [1.54, 1.807) is 10.5 Å². The average Bonchev–Trinajstić information content (AvgIpc) is 3.03. The first-order valence-corrected chi connectivity index (χ1v) is 6.82. The molecule has 0 spiro atoms. The third-order valence-corrected chi connectivity index (χ3v) is 3.66. The second-order valence-electron chi connectivity index (χ2n) is 4.99. The number of hydrogen-bond donors (Lipinski definition) is 0. The van der Waals surface area contributed by atoms with Crippen LogP contribution in [0.5, 0.6) is 0 Å². The number of fused-ring (bicyclic) bond motifs is 3. The van der Waals surface area contributed by atoms with Crippen molar-refractivity contribution in [1.82, 2.24) is 19.6 Å². The second kappa shape index (κ2) is 4.77. The van der Waals surface area contributed by atoms with Crippen LogP contribution in [0.3, 0.4) is 0 Å². The summed E-state index contributed by atoms with van der Waals surface area (Å²) in [7, 11) is 1.92. The van der Waals surface area contributed by atoms with Crippen LogP contribution in [-0.2, 0) is 0 Å². The molecule has 6 heteroatoms. The Morgan fingerprint density at radius 2 is 1.91 bits per heavy atom. The normalized spacial score (nSPS) is 11.2. The quantitative estimate of drug-likeness (QED) is 0.569. The van der Waals surface area contributed by atoms with Gasteiger partial charge in [-0.15, -0.1) is 10.2 Å². The van der Waals surface area contributed by atoms with Gasteiger partial charge in [-0.25, -0.2) is 4.39 Å². The van der Waals surface area contributed by atoms with E-state index >= 15 is 0 Å². The molecule has 2 aromatic heterocycles. The summed E-state index contributed by atoms with van der Waals surface area (Å²) in [4.78, 5) is 6.52. The molecule has 2 aromatic carbocycles. The number of nitrogens with zero attached hydrogens (tertiary/aromatic N) is 5. The lowest BCUT2D eigenvalue weighted by molar-refractivity contribution is 0.629. The highest BCUT2D eigenvalue weighted by molar-refractivity contribution is 5.93. The number of anilines is 2. The molecule has 0 radical (unpaired) electrons. The third-order valence-electron chi connectivity index (χ3n) is 3.66. The van der Waals surface area contributed by atoms with E-state index in [0.29, 0.717) is 17.1 Å². The Morgan fingerprint density at radius 3 is 2.73 bits per heavy atom. The van der Waals surface area contributed by atoms with Crippen LogP contribution in [0.2, 0.25) is 0 Å². The third kappa shape index (κ3) is 1.88. The lowest BCUT2D eigenvalue weighted by Gasteiger charge is -2.20. The van der Waals surface area contributed by atoms with Gasteiger partial charge >= 0.3 is 0 Å². The van der Waals surface area contributed by atoms with Crippen molar-refractivity contribution in [2.45, 2.75) is 0 Å². The lowest BCUT2D eigenvalue weighted by atomic mass is 10.2. The van der Waals surface area contributed by atoms with Gasteiger partial charge in [-0.05, 0) is 30.3 Å². The van der Waals surface area contributed by atoms with Crippen molar-refractivity contribution in [2.24, 2.45) is 0 Å². The molecule has 0 fully saturated rings. The fraction of sp³-hybridized carbons (Fsp3) is 0.0625. The minimum Gasteiger partial charge on any atom is -0.329 e. The van der Waals surface area contributed by atoms with E-state index in [9.17, 15) is 4.39 Å². The largest absolute Gasteiger partial charge is 0.329 e. The van der Waals surface area contributed by atoms with E-state index in [1.165, 1.54) is 18.5 Å². The van der Waals surface area contributed by atoms with Crippen molar-refractivity contribution in [1.29, 1.82) is 0 Å². The van der Waals surface area contributed by atoms with Crippen molar-refractivity contribution < 1.29 is 4.39 Å². The van der Waals surface area contributed by atoms with Gasteiger partial charge in [-0.3, -0.25) is 4.40 Å². The molecular formula is C16H12FN5. The molecule has 4 rings (SSSR count). The summed E-state index contributed by atoms with van der Waals surface area (Å²) in [6.07, 6.45) is 1.54. The number of para-hydroxylation sites is 1. The zero-order valence-corrected chi connectivity index (χ0v) is 11.8. The topological polar surface area (TPSA) is 46.3 Å². The van der Waals surface area contributed by atoms with Gasteiger partial charge in [0.25, 0.3) is 5.78 Å². The van der Waals surface area contributed by atoms with Crippen LogP contribution in [0.15, 0.2) is 54.9 Å². The predicted molar refractivity (Wildman–Crippen MR) is 82.8 cm³/mol. The number of aromatic nitrogens is 4. The van der Waals surface area contributed by atoms with Crippen LogP contribution < -0.4 is 4.90 Å². The first-order valence-electron chi connectivity index (χ1n) is 6.82. The van der Waals surface area contributed by atoms with E-state index < -0.39 is 0 Å². The van der Waals surface area contributed by atoms with Gasteiger partial charge in [0.1, 0.15) is 18.0 Å². The summed E-state index contributed by atoms with van der Waals surface area (Å²) in [6, 6.07) is 14.5. The maximum Gasteiger partial charge on any atom is 0.257 e. The van der Waals surface area contributed by atoms with Crippen molar-refractivity contribution in [3.63, 3.8) is 0 Å². The zero-order chi connectivity index (χ0) is 15.1. The summed E-state index contributed by atoms with van der Waals surface area (Å²) in [5.41, 5.74) is 1.68. The molecule has 0 aliphatic rings. The maximum absolute atomic E-state index is 13.6. The molecule has 0 bridgehead atoms. The standard InChI is InChI=1S/C16H12FN5/c1-21(12-5-3-2-4-6-12)15-13-8-7-11(17)9-14(13)22-10-18-20-16(22)19-15/h2-10H,1H3. The average molecular weight is 293 g/mol. The fourth-order valence-electron chi connectivity index (χ4n) is 2.55. The molecule has 22 heavy (non-hydrogen) atoms. The molecule has 0 saturated carbocycles. The molecule has 0 atom stereocenters. The van der Waals surface area contributed by atoms with Crippen molar-refractivity contribution in [3.05, 3.63) is 60.7 Å². The summed E-state index contributed by atoms with van der Waals surface area (Å²) < 4.78 is 15.3. The highest BCUT2D eigenvalue weighted by Gasteiger charge is 2.14. The molecule has 2 heterocycles. The van der Waals surface area contributed by atoms with Gasteiger partial charge in [0, 0.05) is 18.1 Å². The number of hydrogen-bond acceptors (Lipinski definition) is 4. The van der Waals surface area contributed by atoms with Crippen LogP contribution >= 0.6 is 0 Å². The number of benzene rings is 2. The van der Waals surface area contributed by atoms with E-state index in [1.807, 2.05) is 42.3 Å². The molecule has 0 amide bonds. The monoisotopic (exact) mass is 293 g/mol. The van der Waals surface area contributed by atoms with Crippen LogP contribution in [0.4, 0.5) is 15.9 Å². The molecule has 0 aliphatic heterocycles. The van der Waals surface area contributed by atoms with Crippen LogP contribution in [0.1, 0.15) is 0 Å². The highest BCUT2D eigenvalue weighted by Crippen LogP contribution is 2.30. The molecular weight excluding hydrogens is 281 g/mol. The van der Waals surface area contributed by atoms with Crippen molar-refractivity contribution in [2.75, 3.05) is 11.9 Å². The number of rotatable bonds is 2. The van der Waals surface area contributed by atoms with Crippen LogP contribution in [0, 0.1) is 5.82 Å². The van der Waals surface area contributed by atoms with Gasteiger partial charge in [-0.1, -0.05) is 18.2 Å². The lowest BCUT2D eigenvalue weighted by Crippen LogP contribution is -2.12. The van der Waals surface area contributed by atoms with E-state index in [-0.39, 0.29) is 5.82 Å². The zero-order valence-electron chi connectivity index (χ0n) is 11.8. The molecule has 0 aliphatic carbocycles. The summed E-state index contributed by atoms with van der Waals surface area (Å²) in [5, 5.41) is 8.69. The Kier molecular flexibility index (Phi) is 2.75. The van der Waals surface area contributed by atoms with Crippen LogP contribution in [-0.4, -0.2) is 26.6 Å². The van der Waals surface area contributed by atoms with Crippen molar-refractivity contribution in [3.8, 4) is 0 Å². The molecule has 0 unspecified atom stereocenters. The Labute approximate surface area is 125 Å². The first-order chi connectivity index (χ1) is 10.7. The highest BCUT2D eigenvalue weighted by atomic mass is 19.1. The van der Waals surface area contributed by atoms with E-state index in [0.717, 1.165) is 11.1 Å². The molecule has 4 aromatic rings. The Hall–Kier alpha value is -3.02. The molecule has 0 N–H and O–H groups in total. The minimum atomic E-state index is -0.304. The number of halogens is 1. The van der Waals surface area contributed by atoms with Gasteiger partial charge in [0.15, 0.2) is 0 Å². The summed E-state index contributed by atoms with van der Waals surface area (Å²) in [6.45, 7) is 0. The second-order valence-corrected chi connectivity index (χ2v) is 4.99. The Morgan fingerprint density at radius 1 is 1.09 bits per heavy atom. The Bertz CT molecular complexity index is 964. The van der Waals surface area contributed by atoms with Gasteiger partial charge in [-0.2, -0.15) is 4.98 Å². The fourth-order valence-corrected chi connectivity index (χ4v) is 2.55. The van der Waals surface area contributed by atoms with Crippen LogP contribution in [0.25, 0.3) is 16.7 Å². The smallest absolute Gasteiger partial charge is 0.257 e. The SMILES string of the molecule is CN(c1ccccc1)c1nc2nncn2c2cc(F)ccc12. The molecule has 108 valence electrons. The predicted octanol–water partition coefficient (Wildman–Crippen LogP) is 3.18. The Balaban J connectivity index is 2.03. The van der Waals surface area contributed by atoms with Gasteiger partial charge < -0.3 is 4.90 Å². The minimum absolute atomic E-state index is 0.304. The maximum atomic E-state index is 13.6. The van der Waals surface area contributed by atoms with E-state index in [4.69, 9.17) is 0 Å². The van der Waals surface area contributed by atoms with Crippen molar-refractivity contribution >= 4 is 28.2 Å². The summed E-state index contributed by atoms with van der Waals surface area (Å²) >= 11 is 0.